The molecule has 106 valence electrons. The van der Waals surface area contributed by atoms with Gasteiger partial charge >= 0.3 is 0 Å². The average Bonchev–Trinajstić information content (AvgIpc) is 2.43. The molecule has 2 N–H and O–H groups in total. The van der Waals surface area contributed by atoms with Gasteiger partial charge in [0.2, 0.25) is 0 Å². The maximum Gasteiger partial charge on any atom is 0.135 e. The topological polar surface area (TPSA) is 59.1 Å². The summed E-state index contributed by atoms with van der Waals surface area (Å²) in [5.41, 5.74) is 0.867. The van der Waals surface area contributed by atoms with E-state index in [0.29, 0.717) is 5.82 Å². The third-order valence-electron chi connectivity index (χ3n) is 2.53. The molecule has 0 saturated carbocycles. The summed E-state index contributed by atoms with van der Waals surface area (Å²) >= 11 is 6.95. The molecule has 2 aromatic rings. The second-order valence-electron chi connectivity index (χ2n) is 3.91. The van der Waals surface area contributed by atoms with Gasteiger partial charge in [-0.05, 0) is 44.8 Å². The Hall–Kier alpha value is -1.34. The Morgan fingerprint density at radius 1 is 1.10 bits per heavy atom. The molecule has 0 radical (unpaired) electrons. The molecule has 1 aromatic heterocycles. The van der Waals surface area contributed by atoms with Crippen LogP contribution in [0.5, 0.6) is 5.75 Å². The van der Waals surface area contributed by atoms with Crippen molar-refractivity contribution in [2.75, 3.05) is 24.3 Å². The molecule has 0 aliphatic rings. The first-order valence-corrected chi connectivity index (χ1v) is 7.58. The number of rotatable bonds is 5. The van der Waals surface area contributed by atoms with E-state index in [4.69, 9.17) is 4.74 Å². The van der Waals surface area contributed by atoms with Gasteiger partial charge in [-0.1, -0.05) is 0 Å². The van der Waals surface area contributed by atoms with E-state index in [1.807, 2.05) is 25.1 Å². The van der Waals surface area contributed by atoms with Crippen LogP contribution in [-0.4, -0.2) is 23.6 Å². The predicted molar refractivity (Wildman–Crippen MR) is 87.9 cm³/mol. The van der Waals surface area contributed by atoms with Gasteiger partial charge in [-0.15, -0.1) is 0 Å². The lowest BCUT2D eigenvalue weighted by molar-refractivity contribution is 0.412. The Balaban J connectivity index is 2.27. The van der Waals surface area contributed by atoms with Crippen LogP contribution in [0.4, 0.5) is 17.3 Å². The van der Waals surface area contributed by atoms with E-state index >= 15 is 0 Å². The Bertz CT molecular complexity index is 607. The van der Waals surface area contributed by atoms with Crippen LogP contribution in [-0.2, 0) is 0 Å². The Morgan fingerprint density at radius 2 is 1.85 bits per heavy atom. The Morgan fingerprint density at radius 3 is 2.55 bits per heavy atom. The minimum absolute atomic E-state index is 0.709. The molecule has 0 aliphatic heterocycles. The van der Waals surface area contributed by atoms with Crippen LogP contribution in [0.1, 0.15) is 6.92 Å². The number of halogens is 2. The van der Waals surface area contributed by atoms with Crippen LogP contribution < -0.4 is 15.4 Å². The largest absolute Gasteiger partial charge is 0.495 e. The summed E-state index contributed by atoms with van der Waals surface area (Å²) in [7, 11) is 1.63. The smallest absolute Gasteiger partial charge is 0.135 e. The highest BCUT2D eigenvalue weighted by atomic mass is 79.9. The van der Waals surface area contributed by atoms with Crippen molar-refractivity contribution in [3.8, 4) is 5.75 Å². The summed E-state index contributed by atoms with van der Waals surface area (Å²) in [6, 6.07) is 5.67. The lowest BCUT2D eigenvalue weighted by atomic mass is 10.3. The van der Waals surface area contributed by atoms with Crippen molar-refractivity contribution >= 4 is 49.2 Å². The van der Waals surface area contributed by atoms with Crippen molar-refractivity contribution < 1.29 is 4.74 Å². The summed E-state index contributed by atoms with van der Waals surface area (Å²) < 4.78 is 7.08. The Labute approximate surface area is 134 Å². The molecule has 0 saturated heterocycles. The van der Waals surface area contributed by atoms with Gasteiger partial charge in [0.25, 0.3) is 0 Å². The fourth-order valence-corrected chi connectivity index (χ4v) is 2.88. The van der Waals surface area contributed by atoms with Crippen LogP contribution in [0.25, 0.3) is 0 Å². The summed E-state index contributed by atoms with van der Waals surface area (Å²) in [6.07, 6.45) is 1.52. The van der Waals surface area contributed by atoms with Gasteiger partial charge in [0.05, 0.1) is 17.3 Å². The number of benzene rings is 1. The van der Waals surface area contributed by atoms with E-state index in [-0.39, 0.29) is 0 Å². The molecule has 0 spiro atoms. The van der Waals surface area contributed by atoms with Crippen LogP contribution in [0, 0.1) is 0 Å². The van der Waals surface area contributed by atoms with E-state index in [2.05, 4.69) is 52.5 Å². The molecule has 20 heavy (non-hydrogen) atoms. The number of hydrogen-bond acceptors (Lipinski definition) is 5. The van der Waals surface area contributed by atoms with Crippen molar-refractivity contribution in [3.05, 3.63) is 33.5 Å². The lowest BCUT2D eigenvalue weighted by Crippen LogP contribution is -2.02. The normalized spacial score (nSPS) is 10.2. The number of nitrogens with one attached hydrogen (secondary N) is 2. The number of hydrogen-bond donors (Lipinski definition) is 2. The van der Waals surface area contributed by atoms with E-state index < -0.39 is 0 Å². The van der Waals surface area contributed by atoms with Crippen molar-refractivity contribution in [3.63, 3.8) is 0 Å². The minimum atomic E-state index is 0.709. The second kappa shape index (κ2) is 6.90. The number of ether oxygens (including phenoxy) is 1. The fraction of sp³-hybridized carbons (Fsp3) is 0.231. The molecule has 7 heteroatoms. The molecular weight excluding hydrogens is 388 g/mol. The molecular formula is C13H14Br2N4O. The molecule has 0 aliphatic carbocycles. The van der Waals surface area contributed by atoms with Crippen LogP contribution in [0.2, 0.25) is 0 Å². The summed E-state index contributed by atoms with van der Waals surface area (Å²) in [5.74, 6) is 2.24. The second-order valence-corrected chi connectivity index (χ2v) is 5.62. The minimum Gasteiger partial charge on any atom is -0.495 e. The zero-order chi connectivity index (χ0) is 14.5. The van der Waals surface area contributed by atoms with Gasteiger partial charge < -0.3 is 15.4 Å². The summed E-state index contributed by atoms with van der Waals surface area (Å²) in [4.78, 5) is 8.34. The maximum atomic E-state index is 5.29. The van der Waals surface area contributed by atoms with Crippen molar-refractivity contribution in [1.29, 1.82) is 0 Å². The van der Waals surface area contributed by atoms with E-state index in [1.165, 1.54) is 6.33 Å². The van der Waals surface area contributed by atoms with Gasteiger partial charge in [0.15, 0.2) is 0 Å². The highest BCUT2D eigenvalue weighted by Crippen LogP contribution is 2.35. The zero-order valence-electron chi connectivity index (χ0n) is 11.1. The molecule has 0 fully saturated rings. The van der Waals surface area contributed by atoms with Gasteiger partial charge in [-0.25, -0.2) is 9.97 Å². The molecule has 0 atom stereocenters. The summed E-state index contributed by atoms with van der Waals surface area (Å²) in [5, 5.41) is 6.38. The number of nitrogens with zero attached hydrogens (tertiary/aromatic N) is 2. The van der Waals surface area contributed by atoms with Crippen LogP contribution in [0.3, 0.4) is 0 Å². The van der Waals surface area contributed by atoms with E-state index in [1.54, 1.807) is 7.11 Å². The van der Waals surface area contributed by atoms with E-state index in [0.717, 1.165) is 32.7 Å². The molecule has 1 heterocycles. The van der Waals surface area contributed by atoms with Crippen molar-refractivity contribution in [1.82, 2.24) is 9.97 Å². The molecule has 1 aromatic carbocycles. The molecule has 0 unspecified atom stereocenters. The van der Waals surface area contributed by atoms with Gasteiger partial charge in [0.1, 0.15) is 23.7 Å². The predicted octanol–water partition coefficient (Wildman–Crippen LogP) is 4.19. The summed E-state index contributed by atoms with van der Waals surface area (Å²) in [6.45, 7) is 2.83. The monoisotopic (exact) mass is 400 g/mol. The van der Waals surface area contributed by atoms with Gasteiger partial charge in [0, 0.05) is 23.2 Å². The van der Waals surface area contributed by atoms with Gasteiger partial charge in [-0.2, -0.15) is 0 Å². The van der Waals surface area contributed by atoms with Crippen LogP contribution >= 0.6 is 31.9 Å². The molecule has 0 amide bonds. The molecule has 2 rings (SSSR count). The number of anilines is 3. The SMILES string of the molecule is CCNc1cc(Nc2cc(OC)c(Br)cc2Br)ncn1. The highest BCUT2D eigenvalue weighted by Gasteiger charge is 2.08. The van der Waals surface area contributed by atoms with Crippen molar-refractivity contribution in [2.45, 2.75) is 6.92 Å². The number of aromatic nitrogens is 2. The third kappa shape index (κ3) is 3.61. The fourth-order valence-electron chi connectivity index (χ4n) is 1.62. The number of methoxy groups -OCH3 is 1. The molecule has 0 bridgehead atoms. The third-order valence-corrected chi connectivity index (χ3v) is 3.80. The zero-order valence-corrected chi connectivity index (χ0v) is 14.2. The van der Waals surface area contributed by atoms with Gasteiger partial charge in [-0.3, -0.25) is 0 Å². The maximum absolute atomic E-state index is 5.29. The first kappa shape index (κ1) is 15.1. The Kier molecular flexibility index (Phi) is 5.19. The highest BCUT2D eigenvalue weighted by molar-refractivity contribution is 9.11. The van der Waals surface area contributed by atoms with E-state index in [9.17, 15) is 0 Å². The average molecular weight is 402 g/mol. The van der Waals surface area contributed by atoms with Crippen LogP contribution in [0.15, 0.2) is 33.5 Å². The quantitative estimate of drug-likeness (QED) is 0.786. The first-order valence-electron chi connectivity index (χ1n) is 6.00. The van der Waals surface area contributed by atoms with Crippen molar-refractivity contribution in [2.24, 2.45) is 0 Å². The lowest BCUT2D eigenvalue weighted by Gasteiger charge is -2.12. The molecule has 5 nitrogen and oxygen atoms in total. The standard InChI is InChI=1S/C13H14Br2N4O/c1-3-16-12-6-13(18-7-17-12)19-10-5-11(20-2)9(15)4-8(10)14/h4-7H,3H2,1-2H3,(H2,16,17,18,19). The first-order chi connectivity index (χ1) is 9.63.